The normalized spacial score (nSPS) is 54.0. The van der Waals surface area contributed by atoms with E-state index in [4.69, 9.17) is 4.74 Å². The van der Waals surface area contributed by atoms with Crippen LogP contribution in [0, 0.1) is 34.0 Å². The molecule has 4 aliphatic carbocycles. The molecule has 22 heavy (non-hydrogen) atoms. The van der Waals surface area contributed by atoms with Crippen molar-refractivity contribution in [1.82, 2.24) is 0 Å². The van der Waals surface area contributed by atoms with E-state index in [9.17, 15) is 0 Å². The summed E-state index contributed by atoms with van der Waals surface area (Å²) in [6.45, 7) is 10.6. The Kier molecular flexibility index (Phi) is 3.36. The Labute approximate surface area is 136 Å². The number of hydrogen-bond donors (Lipinski definition) is 0. The summed E-state index contributed by atoms with van der Waals surface area (Å²) in [7, 11) is 1.90. The molecular weight excluding hydrogens is 268 g/mol. The molecule has 0 aromatic carbocycles. The van der Waals surface area contributed by atoms with Crippen LogP contribution < -0.4 is 0 Å². The minimum absolute atomic E-state index is 0.413. The molecule has 0 amide bonds. The minimum Gasteiger partial charge on any atom is -0.384 e. The molecular formula is C21H34O. The molecule has 124 valence electrons. The van der Waals surface area contributed by atoms with Crippen molar-refractivity contribution in [1.29, 1.82) is 0 Å². The zero-order valence-corrected chi connectivity index (χ0v) is 14.9. The van der Waals surface area contributed by atoms with E-state index in [0.29, 0.717) is 16.2 Å². The van der Waals surface area contributed by atoms with Crippen molar-refractivity contribution < 1.29 is 4.74 Å². The predicted molar refractivity (Wildman–Crippen MR) is 91.7 cm³/mol. The molecule has 1 nitrogen and oxygen atoms in total. The van der Waals surface area contributed by atoms with Crippen LogP contribution in [-0.2, 0) is 4.74 Å². The lowest BCUT2D eigenvalue weighted by atomic mass is 9.41. The molecule has 0 N–H and O–H groups in total. The van der Waals surface area contributed by atoms with Gasteiger partial charge in [0.05, 0.1) is 6.61 Å². The van der Waals surface area contributed by atoms with E-state index in [1.807, 2.05) is 7.11 Å². The molecule has 0 heterocycles. The summed E-state index contributed by atoms with van der Waals surface area (Å²) >= 11 is 0. The van der Waals surface area contributed by atoms with Crippen molar-refractivity contribution in [3.05, 3.63) is 12.2 Å². The topological polar surface area (TPSA) is 9.23 Å². The van der Waals surface area contributed by atoms with E-state index in [1.54, 1.807) is 5.57 Å². The number of allylic oxidation sites excluding steroid dienone is 1. The monoisotopic (exact) mass is 302 g/mol. The van der Waals surface area contributed by atoms with Crippen molar-refractivity contribution in [3.8, 4) is 0 Å². The van der Waals surface area contributed by atoms with Gasteiger partial charge >= 0.3 is 0 Å². The molecule has 1 heteroatoms. The first kappa shape index (κ1) is 15.2. The summed E-state index contributed by atoms with van der Waals surface area (Å²) in [5, 5.41) is 0. The lowest BCUT2D eigenvalue weighted by Crippen LogP contribution is -2.57. The van der Waals surface area contributed by atoms with E-state index in [1.165, 1.54) is 57.8 Å². The van der Waals surface area contributed by atoms with Gasteiger partial charge in [-0.15, -0.1) is 0 Å². The van der Waals surface area contributed by atoms with Crippen molar-refractivity contribution in [2.75, 3.05) is 13.7 Å². The zero-order chi connectivity index (χ0) is 15.6. The van der Waals surface area contributed by atoms with Gasteiger partial charge in [0.15, 0.2) is 0 Å². The second-order valence-corrected chi connectivity index (χ2v) is 9.77. The fourth-order valence-corrected chi connectivity index (χ4v) is 7.99. The maximum atomic E-state index is 5.68. The van der Waals surface area contributed by atoms with Gasteiger partial charge in [-0.25, -0.2) is 0 Å². The van der Waals surface area contributed by atoms with Gasteiger partial charge in [0.1, 0.15) is 0 Å². The molecule has 0 aromatic rings. The fourth-order valence-electron chi connectivity index (χ4n) is 7.99. The lowest BCUT2D eigenvalue weighted by molar-refractivity contribution is -0.161. The molecule has 2 bridgehead atoms. The third kappa shape index (κ3) is 1.87. The Hall–Kier alpha value is -0.300. The summed E-state index contributed by atoms with van der Waals surface area (Å²) < 4.78 is 5.68. The van der Waals surface area contributed by atoms with Gasteiger partial charge < -0.3 is 4.74 Å². The van der Waals surface area contributed by atoms with Crippen LogP contribution in [0.1, 0.15) is 71.6 Å². The third-order valence-corrected chi connectivity index (χ3v) is 8.65. The van der Waals surface area contributed by atoms with E-state index < -0.39 is 0 Å². The van der Waals surface area contributed by atoms with Gasteiger partial charge in [0.2, 0.25) is 0 Å². The van der Waals surface area contributed by atoms with Crippen LogP contribution in [0.15, 0.2) is 12.2 Å². The highest BCUT2D eigenvalue weighted by Gasteiger charge is 2.63. The Balaban J connectivity index is 1.70. The Morgan fingerprint density at radius 1 is 1.09 bits per heavy atom. The first-order valence-corrected chi connectivity index (χ1v) is 9.60. The first-order valence-electron chi connectivity index (χ1n) is 9.60. The average molecular weight is 303 g/mol. The maximum Gasteiger partial charge on any atom is 0.0518 e. The number of rotatable bonds is 2. The molecule has 4 fully saturated rings. The molecule has 0 unspecified atom stereocenters. The highest BCUT2D eigenvalue weighted by molar-refractivity contribution is 5.22. The standard InChI is InChI=1S/C21H34O/c1-15-12-21-11-8-17-19(2,14-22-4)9-5-10-20(17,3)18(21)7-6-16(15)13-21/h16-18H,1,5-14H2,2-4H3/t16-,17-,18+,19+,20-,21-/m1/s1. The van der Waals surface area contributed by atoms with E-state index >= 15 is 0 Å². The van der Waals surface area contributed by atoms with Crippen LogP contribution in [0.25, 0.3) is 0 Å². The van der Waals surface area contributed by atoms with Crippen LogP contribution in [0.5, 0.6) is 0 Å². The number of hydrogen-bond acceptors (Lipinski definition) is 1. The third-order valence-electron chi connectivity index (χ3n) is 8.65. The van der Waals surface area contributed by atoms with Crippen molar-refractivity contribution >= 4 is 0 Å². The molecule has 4 aliphatic rings. The highest BCUT2D eigenvalue weighted by Crippen LogP contribution is 2.72. The largest absolute Gasteiger partial charge is 0.384 e. The summed E-state index contributed by atoms with van der Waals surface area (Å²) in [5.74, 6) is 2.69. The Morgan fingerprint density at radius 3 is 2.68 bits per heavy atom. The van der Waals surface area contributed by atoms with Crippen LogP contribution >= 0.6 is 0 Å². The first-order chi connectivity index (χ1) is 10.4. The van der Waals surface area contributed by atoms with Gasteiger partial charge in [0.25, 0.3) is 0 Å². The van der Waals surface area contributed by atoms with Gasteiger partial charge in [-0.3, -0.25) is 0 Å². The van der Waals surface area contributed by atoms with Crippen LogP contribution in [0.3, 0.4) is 0 Å². The molecule has 0 radical (unpaired) electrons. The molecule has 4 rings (SSSR count). The minimum atomic E-state index is 0.413. The molecule has 0 aromatic heterocycles. The fraction of sp³-hybridized carbons (Fsp3) is 0.905. The number of ether oxygens (including phenoxy) is 1. The average Bonchev–Trinajstić information content (AvgIpc) is 2.68. The predicted octanol–water partition coefficient (Wildman–Crippen LogP) is 5.60. The molecule has 6 atom stereocenters. The number of methoxy groups -OCH3 is 1. The van der Waals surface area contributed by atoms with Gasteiger partial charge in [-0.05, 0) is 85.4 Å². The van der Waals surface area contributed by atoms with Crippen molar-refractivity contribution in [2.24, 2.45) is 34.0 Å². The summed E-state index contributed by atoms with van der Waals surface area (Å²) in [6, 6.07) is 0. The molecule has 1 spiro atoms. The Bertz CT molecular complexity index is 478. The summed E-state index contributed by atoms with van der Waals surface area (Å²) in [5.41, 5.74) is 3.20. The van der Waals surface area contributed by atoms with Gasteiger partial charge in [-0.2, -0.15) is 0 Å². The Morgan fingerprint density at radius 2 is 1.91 bits per heavy atom. The molecule has 0 aliphatic heterocycles. The van der Waals surface area contributed by atoms with Crippen molar-refractivity contribution in [3.63, 3.8) is 0 Å². The van der Waals surface area contributed by atoms with Crippen molar-refractivity contribution in [2.45, 2.75) is 71.6 Å². The van der Waals surface area contributed by atoms with Crippen LogP contribution in [0.4, 0.5) is 0 Å². The summed E-state index contributed by atoms with van der Waals surface area (Å²) in [6.07, 6.45) is 12.9. The van der Waals surface area contributed by atoms with Crippen LogP contribution in [0.2, 0.25) is 0 Å². The highest BCUT2D eigenvalue weighted by atomic mass is 16.5. The second kappa shape index (κ2) is 4.85. The second-order valence-electron chi connectivity index (χ2n) is 9.77. The lowest BCUT2D eigenvalue weighted by Gasteiger charge is -2.64. The number of fused-ring (bicyclic) bond motifs is 3. The van der Waals surface area contributed by atoms with Crippen LogP contribution in [-0.4, -0.2) is 13.7 Å². The van der Waals surface area contributed by atoms with E-state index in [2.05, 4.69) is 20.4 Å². The maximum absolute atomic E-state index is 5.68. The molecule has 0 saturated heterocycles. The molecule has 4 saturated carbocycles. The summed E-state index contributed by atoms with van der Waals surface area (Å²) in [4.78, 5) is 0. The quantitative estimate of drug-likeness (QED) is 0.603. The van der Waals surface area contributed by atoms with E-state index in [-0.39, 0.29) is 0 Å². The van der Waals surface area contributed by atoms with E-state index in [0.717, 1.165) is 24.4 Å². The smallest absolute Gasteiger partial charge is 0.0518 e. The van der Waals surface area contributed by atoms with Gasteiger partial charge in [-0.1, -0.05) is 32.4 Å². The SMILES string of the molecule is C=C1C[C@@]23CC[C@@H]4[C@](C)(COC)CCC[C@@]4(C)[C@@H]2CC[C@@H]1C3. The zero-order valence-electron chi connectivity index (χ0n) is 14.9. The van der Waals surface area contributed by atoms with Gasteiger partial charge in [0, 0.05) is 7.11 Å².